The molecule has 0 spiro atoms. The summed E-state index contributed by atoms with van der Waals surface area (Å²) in [6.07, 6.45) is 0. The molecule has 2 aromatic carbocycles. The molecule has 5 nitrogen and oxygen atoms in total. The lowest BCUT2D eigenvalue weighted by Crippen LogP contribution is -2.56. The van der Waals surface area contributed by atoms with Crippen LogP contribution in [0.5, 0.6) is 5.75 Å². The van der Waals surface area contributed by atoms with Crippen LogP contribution in [0.25, 0.3) is 0 Å². The topological polar surface area (TPSA) is 53.0 Å². The summed E-state index contributed by atoms with van der Waals surface area (Å²) in [4.78, 5) is 15.9. The maximum absolute atomic E-state index is 11.8. The van der Waals surface area contributed by atoms with Crippen LogP contribution >= 0.6 is 0 Å². The lowest BCUT2D eigenvalue weighted by Gasteiger charge is -2.40. The molecule has 1 aliphatic heterocycles. The van der Waals surface area contributed by atoms with Gasteiger partial charge < -0.3 is 14.7 Å². The third-order valence-electron chi connectivity index (χ3n) is 4.40. The van der Waals surface area contributed by atoms with Crippen molar-refractivity contribution in [2.45, 2.75) is 12.6 Å². The van der Waals surface area contributed by atoms with Crippen LogP contribution in [0.15, 0.2) is 54.6 Å². The maximum atomic E-state index is 11.8. The highest BCUT2D eigenvalue weighted by atomic mass is 16.5. The van der Waals surface area contributed by atoms with Crippen molar-refractivity contribution in [1.82, 2.24) is 4.90 Å². The average molecular weight is 326 g/mol. The molecule has 0 saturated carbocycles. The molecule has 0 amide bonds. The van der Waals surface area contributed by atoms with Crippen LogP contribution < -0.4 is 9.64 Å². The third-order valence-corrected chi connectivity index (χ3v) is 4.40. The van der Waals surface area contributed by atoms with E-state index in [1.165, 1.54) is 5.56 Å². The highest BCUT2D eigenvalue weighted by Crippen LogP contribution is 2.24. The maximum Gasteiger partial charge on any atom is 0.327 e. The van der Waals surface area contributed by atoms with Gasteiger partial charge in [0.05, 0.1) is 7.11 Å². The normalized spacial score (nSPS) is 18.4. The van der Waals surface area contributed by atoms with Crippen molar-refractivity contribution in [1.29, 1.82) is 0 Å². The first kappa shape index (κ1) is 16.3. The standard InChI is InChI=1S/C19H22N2O3/c1-24-17-9-7-16(8-10-17)21-12-11-20(14-18(21)19(22)23)13-15-5-3-2-4-6-15/h2-10,18H,11-14H2,1H3,(H,22,23). The van der Waals surface area contributed by atoms with Gasteiger partial charge in [-0.1, -0.05) is 30.3 Å². The summed E-state index contributed by atoms with van der Waals surface area (Å²) in [5.41, 5.74) is 2.13. The molecular formula is C19H22N2O3. The van der Waals surface area contributed by atoms with E-state index < -0.39 is 12.0 Å². The van der Waals surface area contributed by atoms with Crippen molar-refractivity contribution in [2.24, 2.45) is 0 Å². The molecule has 0 aromatic heterocycles. The van der Waals surface area contributed by atoms with Gasteiger partial charge >= 0.3 is 5.97 Å². The Hall–Kier alpha value is -2.53. The van der Waals surface area contributed by atoms with Gasteiger partial charge in [0.2, 0.25) is 0 Å². The first-order valence-corrected chi connectivity index (χ1v) is 8.07. The summed E-state index contributed by atoms with van der Waals surface area (Å²) in [6.45, 7) is 2.82. The number of piperazine rings is 1. The zero-order valence-corrected chi connectivity index (χ0v) is 13.8. The van der Waals surface area contributed by atoms with Gasteiger partial charge in [0.15, 0.2) is 0 Å². The van der Waals surface area contributed by atoms with Crippen molar-refractivity contribution in [3.63, 3.8) is 0 Å². The first-order valence-electron chi connectivity index (χ1n) is 8.07. The molecule has 1 atom stereocenters. The number of ether oxygens (including phenoxy) is 1. The van der Waals surface area contributed by atoms with Gasteiger partial charge in [-0.15, -0.1) is 0 Å². The van der Waals surface area contributed by atoms with Gasteiger partial charge in [-0.3, -0.25) is 4.90 Å². The fourth-order valence-electron chi connectivity index (χ4n) is 3.12. The molecular weight excluding hydrogens is 304 g/mol. The van der Waals surface area contributed by atoms with Gasteiger partial charge in [0.1, 0.15) is 11.8 Å². The molecule has 0 aliphatic carbocycles. The number of anilines is 1. The predicted octanol–water partition coefficient (Wildman–Crippen LogP) is 2.47. The van der Waals surface area contributed by atoms with Crippen LogP contribution in [0.3, 0.4) is 0 Å². The highest BCUT2D eigenvalue weighted by molar-refractivity contribution is 5.79. The van der Waals surface area contributed by atoms with E-state index in [0.29, 0.717) is 13.1 Å². The quantitative estimate of drug-likeness (QED) is 0.915. The molecule has 126 valence electrons. The second kappa shape index (κ2) is 7.36. The Morgan fingerprint density at radius 3 is 2.46 bits per heavy atom. The summed E-state index contributed by atoms with van der Waals surface area (Å²) < 4.78 is 5.17. The van der Waals surface area contributed by atoms with Crippen LogP contribution in [-0.2, 0) is 11.3 Å². The largest absolute Gasteiger partial charge is 0.497 e. The van der Waals surface area contributed by atoms with E-state index in [-0.39, 0.29) is 0 Å². The molecule has 1 aliphatic rings. The number of carboxylic acids is 1. The second-order valence-electron chi connectivity index (χ2n) is 5.97. The number of rotatable bonds is 5. The zero-order valence-electron chi connectivity index (χ0n) is 13.8. The van der Waals surface area contributed by atoms with E-state index >= 15 is 0 Å². The molecule has 1 saturated heterocycles. The average Bonchev–Trinajstić information content (AvgIpc) is 2.62. The summed E-state index contributed by atoms with van der Waals surface area (Å²) in [5, 5.41) is 9.66. The molecule has 24 heavy (non-hydrogen) atoms. The van der Waals surface area contributed by atoms with Crippen molar-refractivity contribution < 1.29 is 14.6 Å². The Balaban J connectivity index is 1.72. The van der Waals surface area contributed by atoms with Crippen LogP contribution in [0.2, 0.25) is 0 Å². The number of benzene rings is 2. The number of hydrogen-bond acceptors (Lipinski definition) is 4. The van der Waals surface area contributed by atoms with E-state index in [0.717, 1.165) is 24.5 Å². The summed E-state index contributed by atoms with van der Waals surface area (Å²) in [7, 11) is 1.62. The van der Waals surface area contributed by atoms with Crippen LogP contribution in [-0.4, -0.2) is 48.8 Å². The Labute approximate surface area is 142 Å². The number of methoxy groups -OCH3 is 1. The fourth-order valence-corrected chi connectivity index (χ4v) is 3.12. The predicted molar refractivity (Wildman–Crippen MR) is 93.5 cm³/mol. The minimum absolute atomic E-state index is 0.510. The lowest BCUT2D eigenvalue weighted by molar-refractivity contribution is -0.139. The molecule has 1 fully saturated rings. The highest BCUT2D eigenvalue weighted by Gasteiger charge is 2.32. The number of aliphatic carboxylic acids is 1. The van der Waals surface area contributed by atoms with Crippen LogP contribution in [0, 0.1) is 0 Å². The molecule has 3 rings (SSSR count). The SMILES string of the molecule is COc1ccc(N2CCN(Cc3ccccc3)CC2C(=O)O)cc1. The molecule has 1 heterocycles. The Kier molecular flexibility index (Phi) is 5.01. The van der Waals surface area contributed by atoms with Gasteiger partial charge in [-0.25, -0.2) is 4.79 Å². The minimum atomic E-state index is -0.788. The molecule has 5 heteroatoms. The molecule has 0 bridgehead atoms. The van der Waals surface area contributed by atoms with Crippen molar-refractivity contribution in [2.75, 3.05) is 31.6 Å². The van der Waals surface area contributed by atoms with Crippen LogP contribution in [0.1, 0.15) is 5.56 Å². The molecule has 1 N–H and O–H groups in total. The fraction of sp³-hybridized carbons (Fsp3) is 0.316. The van der Waals surface area contributed by atoms with Gasteiger partial charge in [0.25, 0.3) is 0 Å². The number of hydrogen-bond donors (Lipinski definition) is 1. The van der Waals surface area contributed by atoms with E-state index in [1.807, 2.05) is 47.4 Å². The molecule has 2 aromatic rings. The lowest BCUT2D eigenvalue weighted by atomic mass is 10.1. The van der Waals surface area contributed by atoms with Crippen molar-refractivity contribution in [3.05, 3.63) is 60.2 Å². The second-order valence-corrected chi connectivity index (χ2v) is 5.97. The van der Waals surface area contributed by atoms with Gasteiger partial charge in [-0.2, -0.15) is 0 Å². The van der Waals surface area contributed by atoms with Gasteiger partial charge in [0, 0.05) is 31.9 Å². The van der Waals surface area contributed by atoms with Crippen molar-refractivity contribution in [3.8, 4) is 5.75 Å². The van der Waals surface area contributed by atoms with Crippen molar-refractivity contribution >= 4 is 11.7 Å². The molecule has 1 unspecified atom stereocenters. The summed E-state index contributed by atoms with van der Waals surface area (Å²) in [6, 6.07) is 17.2. The van der Waals surface area contributed by atoms with E-state index in [1.54, 1.807) is 7.11 Å². The van der Waals surface area contributed by atoms with E-state index in [2.05, 4.69) is 17.0 Å². The number of nitrogens with zero attached hydrogens (tertiary/aromatic N) is 2. The third kappa shape index (κ3) is 3.68. The number of carboxylic acid groups (broad SMARTS) is 1. The minimum Gasteiger partial charge on any atom is -0.497 e. The first-order chi connectivity index (χ1) is 11.7. The van der Waals surface area contributed by atoms with E-state index in [9.17, 15) is 9.90 Å². The smallest absolute Gasteiger partial charge is 0.327 e. The van der Waals surface area contributed by atoms with Crippen LogP contribution in [0.4, 0.5) is 5.69 Å². The number of carbonyl (C=O) groups is 1. The summed E-state index contributed by atoms with van der Waals surface area (Å²) >= 11 is 0. The monoisotopic (exact) mass is 326 g/mol. The summed E-state index contributed by atoms with van der Waals surface area (Å²) in [5.74, 6) is -0.0167. The van der Waals surface area contributed by atoms with E-state index in [4.69, 9.17) is 4.74 Å². The Morgan fingerprint density at radius 2 is 1.83 bits per heavy atom. The zero-order chi connectivity index (χ0) is 16.9. The Morgan fingerprint density at radius 1 is 1.12 bits per heavy atom. The molecule has 0 radical (unpaired) electrons. The Bertz CT molecular complexity index is 673. The van der Waals surface area contributed by atoms with Gasteiger partial charge in [-0.05, 0) is 29.8 Å².